The Labute approximate surface area is 162 Å². The molecule has 1 fully saturated rings. The van der Waals surface area contributed by atoms with Crippen LogP contribution in [0.1, 0.15) is 31.9 Å². The van der Waals surface area contributed by atoms with Crippen LogP contribution in [0.25, 0.3) is 10.9 Å². The summed E-state index contributed by atoms with van der Waals surface area (Å²) in [5.74, 6) is 1.10. The van der Waals surface area contributed by atoms with Gasteiger partial charge in [-0.15, -0.1) is 0 Å². The summed E-state index contributed by atoms with van der Waals surface area (Å²) in [6.07, 6.45) is 0. The van der Waals surface area contributed by atoms with Gasteiger partial charge in [-0.05, 0) is 34.7 Å². The highest BCUT2D eigenvalue weighted by Gasteiger charge is 2.19. The van der Waals surface area contributed by atoms with Gasteiger partial charge in [0.15, 0.2) is 0 Å². The molecule has 0 spiro atoms. The SMILES string of the molecule is CC(C)(C)c1ccc(CN2CCN(c3ccc4ccccc4n3)CC2)cc1. The minimum absolute atomic E-state index is 0.219. The number of para-hydroxylation sites is 1. The lowest BCUT2D eigenvalue weighted by molar-refractivity contribution is 0.249. The van der Waals surface area contributed by atoms with E-state index >= 15 is 0 Å². The van der Waals surface area contributed by atoms with Gasteiger partial charge in [-0.1, -0.05) is 63.2 Å². The Morgan fingerprint density at radius 2 is 1.52 bits per heavy atom. The first-order valence-corrected chi connectivity index (χ1v) is 9.91. The first-order valence-electron chi connectivity index (χ1n) is 9.91. The molecule has 2 heterocycles. The number of rotatable bonds is 3. The molecule has 2 aromatic carbocycles. The lowest BCUT2D eigenvalue weighted by Gasteiger charge is -2.35. The summed E-state index contributed by atoms with van der Waals surface area (Å²) >= 11 is 0. The number of nitrogens with zero attached hydrogens (tertiary/aromatic N) is 3. The third kappa shape index (κ3) is 4.14. The highest BCUT2D eigenvalue weighted by molar-refractivity contribution is 5.80. The smallest absolute Gasteiger partial charge is 0.129 e. The maximum absolute atomic E-state index is 4.85. The summed E-state index contributed by atoms with van der Waals surface area (Å²) in [5, 5.41) is 1.21. The zero-order valence-corrected chi connectivity index (χ0v) is 16.7. The first kappa shape index (κ1) is 18.0. The summed E-state index contributed by atoms with van der Waals surface area (Å²) in [6.45, 7) is 12.1. The fraction of sp³-hybridized carbons (Fsp3) is 0.375. The molecule has 4 rings (SSSR count). The third-order valence-corrected chi connectivity index (χ3v) is 5.51. The minimum atomic E-state index is 0.219. The van der Waals surface area contributed by atoms with E-state index in [0.717, 1.165) is 44.1 Å². The van der Waals surface area contributed by atoms with E-state index in [1.807, 2.05) is 0 Å². The van der Waals surface area contributed by atoms with Crippen LogP contribution in [0.15, 0.2) is 60.7 Å². The number of anilines is 1. The van der Waals surface area contributed by atoms with Crippen molar-refractivity contribution >= 4 is 16.7 Å². The molecule has 1 saturated heterocycles. The van der Waals surface area contributed by atoms with Crippen molar-refractivity contribution in [2.75, 3.05) is 31.1 Å². The largest absolute Gasteiger partial charge is 0.354 e. The second kappa shape index (κ2) is 7.32. The molecule has 0 atom stereocenters. The zero-order chi connectivity index (χ0) is 18.9. The van der Waals surface area contributed by atoms with Crippen LogP contribution in [0.3, 0.4) is 0 Å². The van der Waals surface area contributed by atoms with Crippen molar-refractivity contribution in [3.63, 3.8) is 0 Å². The van der Waals surface area contributed by atoms with Crippen LogP contribution < -0.4 is 4.90 Å². The van der Waals surface area contributed by atoms with E-state index in [1.54, 1.807) is 0 Å². The predicted octanol–water partition coefficient (Wildman–Crippen LogP) is 4.85. The second-order valence-electron chi connectivity index (χ2n) is 8.57. The molecular formula is C24H29N3. The molecule has 27 heavy (non-hydrogen) atoms. The topological polar surface area (TPSA) is 19.4 Å². The molecule has 140 valence electrons. The highest BCUT2D eigenvalue weighted by atomic mass is 15.3. The molecule has 0 N–H and O–H groups in total. The van der Waals surface area contributed by atoms with Gasteiger partial charge in [0.25, 0.3) is 0 Å². The summed E-state index contributed by atoms with van der Waals surface area (Å²) in [4.78, 5) is 9.80. The highest BCUT2D eigenvalue weighted by Crippen LogP contribution is 2.23. The fourth-order valence-corrected chi connectivity index (χ4v) is 3.73. The Hall–Kier alpha value is -2.39. The van der Waals surface area contributed by atoms with E-state index in [-0.39, 0.29) is 5.41 Å². The van der Waals surface area contributed by atoms with Crippen LogP contribution in [0.4, 0.5) is 5.82 Å². The molecule has 3 nitrogen and oxygen atoms in total. The van der Waals surface area contributed by atoms with Crippen molar-refractivity contribution in [1.29, 1.82) is 0 Å². The normalized spacial score (nSPS) is 16.0. The number of aromatic nitrogens is 1. The number of piperazine rings is 1. The number of hydrogen-bond acceptors (Lipinski definition) is 3. The summed E-state index contributed by atoms with van der Waals surface area (Å²) in [5.41, 5.74) is 4.10. The van der Waals surface area contributed by atoms with Crippen molar-refractivity contribution in [2.24, 2.45) is 0 Å². The molecule has 0 saturated carbocycles. The van der Waals surface area contributed by atoms with Crippen LogP contribution in [0.2, 0.25) is 0 Å². The van der Waals surface area contributed by atoms with E-state index in [0.29, 0.717) is 0 Å². The molecule has 1 aromatic heterocycles. The van der Waals surface area contributed by atoms with Gasteiger partial charge >= 0.3 is 0 Å². The minimum Gasteiger partial charge on any atom is -0.354 e. The maximum Gasteiger partial charge on any atom is 0.129 e. The zero-order valence-electron chi connectivity index (χ0n) is 16.7. The molecule has 1 aliphatic rings. The summed E-state index contributed by atoms with van der Waals surface area (Å²) < 4.78 is 0. The molecule has 3 aromatic rings. The average molecular weight is 360 g/mol. The van der Waals surface area contributed by atoms with Crippen molar-refractivity contribution < 1.29 is 0 Å². The van der Waals surface area contributed by atoms with Crippen molar-refractivity contribution in [3.8, 4) is 0 Å². The second-order valence-corrected chi connectivity index (χ2v) is 8.57. The van der Waals surface area contributed by atoms with Gasteiger partial charge in [0.05, 0.1) is 5.52 Å². The van der Waals surface area contributed by atoms with E-state index in [4.69, 9.17) is 4.98 Å². The molecular weight excluding hydrogens is 330 g/mol. The molecule has 0 aliphatic carbocycles. The van der Waals surface area contributed by atoms with Crippen LogP contribution in [0, 0.1) is 0 Å². The lowest BCUT2D eigenvalue weighted by Crippen LogP contribution is -2.46. The Morgan fingerprint density at radius 3 is 2.22 bits per heavy atom. The molecule has 0 amide bonds. The van der Waals surface area contributed by atoms with E-state index < -0.39 is 0 Å². The first-order chi connectivity index (χ1) is 13.0. The quantitative estimate of drug-likeness (QED) is 0.666. The Bertz CT molecular complexity index is 901. The van der Waals surface area contributed by atoms with Gasteiger partial charge in [0.2, 0.25) is 0 Å². The summed E-state index contributed by atoms with van der Waals surface area (Å²) in [6, 6.07) is 21.8. The van der Waals surface area contributed by atoms with E-state index in [1.165, 1.54) is 16.5 Å². The average Bonchev–Trinajstić information content (AvgIpc) is 2.68. The predicted molar refractivity (Wildman–Crippen MR) is 114 cm³/mol. The lowest BCUT2D eigenvalue weighted by atomic mass is 9.87. The van der Waals surface area contributed by atoms with E-state index in [9.17, 15) is 0 Å². The molecule has 0 bridgehead atoms. The maximum atomic E-state index is 4.85. The van der Waals surface area contributed by atoms with E-state index in [2.05, 4.69) is 91.2 Å². The van der Waals surface area contributed by atoms with Gasteiger partial charge < -0.3 is 4.90 Å². The number of fused-ring (bicyclic) bond motifs is 1. The van der Waals surface area contributed by atoms with Gasteiger partial charge in [-0.2, -0.15) is 0 Å². The molecule has 0 radical (unpaired) electrons. The van der Waals surface area contributed by atoms with Gasteiger partial charge in [-0.3, -0.25) is 4.90 Å². The van der Waals surface area contributed by atoms with Crippen molar-refractivity contribution in [1.82, 2.24) is 9.88 Å². The number of benzene rings is 2. The fourth-order valence-electron chi connectivity index (χ4n) is 3.73. The standard InChI is InChI=1S/C24H29N3/c1-24(2,3)21-11-8-19(9-12-21)18-26-14-16-27(17-15-26)23-13-10-20-6-4-5-7-22(20)25-23/h4-13H,14-18H2,1-3H3. The van der Waals surface area contributed by atoms with Gasteiger partial charge in [-0.25, -0.2) is 4.98 Å². The van der Waals surface area contributed by atoms with Crippen LogP contribution in [-0.4, -0.2) is 36.1 Å². The Kier molecular flexibility index (Phi) is 4.88. The van der Waals surface area contributed by atoms with Gasteiger partial charge in [0, 0.05) is 38.1 Å². The summed E-state index contributed by atoms with van der Waals surface area (Å²) in [7, 11) is 0. The van der Waals surface area contributed by atoms with Gasteiger partial charge in [0.1, 0.15) is 5.82 Å². The number of pyridine rings is 1. The Balaban J connectivity index is 1.37. The number of hydrogen-bond donors (Lipinski definition) is 0. The van der Waals surface area contributed by atoms with Crippen molar-refractivity contribution in [3.05, 3.63) is 71.8 Å². The third-order valence-electron chi connectivity index (χ3n) is 5.51. The molecule has 1 aliphatic heterocycles. The van der Waals surface area contributed by atoms with Crippen LogP contribution in [0.5, 0.6) is 0 Å². The molecule has 3 heteroatoms. The van der Waals surface area contributed by atoms with Crippen LogP contribution >= 0.6 is 0 Å². The Morgan fingerprint density at radius 1 is 0.815 bits per heavy atom. The van der Waals surface area contributed by atoms with Crippen molar-refractivity contribution in [2.45, 2.75) is 32.7 Å². The molecule has 0 unspecified atom stereocenters. The monoisotopic (exact) mass is 359 g/mol. The van der Waals surface area contributed by atoms with Crippen LogP contribution in [-0.2, 0) is 12.0 Å².